The van der Waals surface area contributed by atoms with Gasteiger partial charge in [-0.2, -0.15) is 15.3 Å². The third kappa shape index (κ3) is 14.8. The number of pyridine rings is 3. The summed E-state index contributed by atoms with van der Waals surface area (Å²) in [5, 5.41) is 19.1. The second-order valence-electron chi connectivity index (χ2n) is 25.3. The predicted molar refractivity (Wildman–Crippen MR) is 378 cm³/mol. The van der Waals surface area contributed by atoms with Gasteiger partial charge >= 0.3 is 6.36 Å². The lowest BCUT2D eigenvalue weighted by atomic mass is 9.99. The predicted octanol–water partition coefficient (Wildman–Crippen LogP) is 14.2. The molecule has 0 amide bonds. The minimum absolute atomic E-state index is 0.0335. The molecule has 0 atom stereocenters. The van der Waals surface area contributed by atoms with E-state index >= 15 is 0 Å². The number of hydrogen-bond acceptors (Lipinski definition) is 10. The van der Waals surface area contributed by atoms with E-state index in [1.54, 1.807) is 33.5 Å². The van der Waals surface area contributed by atoms with E-state index in [4.69, 9.17) is 0 Å². The lowest BCUT2D eigenvalue weighted by Crippen LogP contribution is -2.24. The van der Waals surface area contributed by atoms with Crippen LogP contribution in [0.4, 0.5) is 13.2 Å². The molecule has 6 aromatic heterocycles. The van der Waals surface area contributed by atoms with Crippen molar-refractivity contribution in [1.29, 1.82) is 0 Å². The largest absolute Gasteiger partial charge is 0.573 e. The van der Waals surface area contributed by atoms with Crippen molar-refractivity contribution in [2.75, 3.05) is 58.9 Å². The summed E-state index contributed by atoms with van der Waals surface area (Å²) in [5.41, 5.74) is 11.8. The number of halogens is 3. The van der Waals surface area contributed by atoms with E-state index in [-0.39, 0.29) is 22.4 Å². The van der Waals surface area contributed by atoms with Gasteiger partial charge in [-0.1, -0.05) is 84.4 Å². The van der Waals surface area contributed by atoms with Gasteiger partial charge in [-0.25, -0.2) is 0 Å². The summed E-state index contributed by atoms with van der Waals surface area (Å²) in [7, 11) is 0. The smallest absolute Gasteiger partial charge is 0.406 e. The van der Waals surface area contributed by atoms with Crippen molar-refractivity contribution in [2.24, 2.45) is 0 Å². The van der Waals surface area contributed by atoms with Crippen LogP contribution in [0.25, 0.3) is 93.9 Å². The van der Waals surface area contributed by atoms with Crippen LogP contribution in [0.15, 0.2) is 234 Å². The quantitative estimate of drug-likeness (QED) is 0.0919. The highest BCUT2D eigenvalue weighted by atomic mass is 19.4. The molecule has 9 heterocycles. The maximum absolute atomic E-state index is 13.1. The SMILES string of the molecule is Cc1ccc(-c2ccn(-c3ccc4c(cnn4CCN4CCCC4)c3)c(=O)c2)cc1.O=c1cc(-c2ccc(OC(F)(F)F)cc2)ccn1-c1ccc2c(cnn2CCN2CCCC2)c1.O=c1cc(-c2cccc3ccccc23)ccn1-c1ccc2c(cnn2CCN2CCCC2)c1. The van der Waals surface area contributed by atoms with Crippen LogP contribution >= 0.6 is 0 Å². The summed E-state index contributed by atoms with van der Waals surface area (Å²) in [6, 6.07) is 56.9. The summed E-state index contributed by atoms with van der Waals surface area (Å²) in [5.74, 6) is -0.307. The van der Waals surface area contributed by atoms with Crippen molar-refractivity contribution in [1.82, 2.24) is 57.7 Å². The van der Waals surface area contributed by atoms with E-state index in [0.29, 0.717) is 11.1 Å². The standard InChI is InChI=1S/C28H26N4O.C25H23F3N4O2.C25H26N4O/c33-28-19-22(26-9-5-7-21-6-1-2-8-25(21)26)12-15-31(28)24-10-11-27-23(18-24)20-29-32(27)17-16-30-13-3-4-14-30;26-25(27,28)34-22-6-3-18(4-7-22)19-9-12-31(24(33)16-19)21-5-8-23-20(15-21)17-29-32(23)14-13-30-10-1-2-11-30;1-19-4-6-20(7-5-19)21-10-13-28(25(30)17-21)23-8-9-24-22(16-23)18-26-29(24)15-14-27-11-2-3-12-27/h1-2,5-12,15,18-20H,3-4,13-14,16-17H2;3-9,12,15-17H,1-2,10-11,13-14H2;4-10,13,16-18H,2-3,11-12,14-15H2,1H3. The second-order valence-corrected chi connectivity index (χ2v) is 25.3. The van der Waals surface area contributed by atoms with Crippen LogP contribution in [0.2, 0.25) is 0 Å². The van der Waals surface area contributed by atoms with Crippen LogP contribution in [0.5, 0.6) is 5.75 Å². The number of ether oxygens (including phenoxy) is 1. The molecule has 19 heteroatoms. The molecular formula is C78H75F3N12O4. The van der Waals surface area contributed by atoms with Crippen LogP contribution in [0.1, 0.15) is 44.1 Å². The molecule has 97 heavy (non-hydrogen) atoms. The van der Waals surface area contributed by atoms with Gasteiger partial charge in [-0.15, -0.1) is 13.2 Å². The molecule has 0 aliphatic carbocycles. The zero-order chi connectivity index (χ0) is 66.4. The summed E-state index contributed by atoms with van der Waals surface area (Å²) in [6.45, 7) is 14.8. The fourth-order valence-corrected chi connectivity index (χ4v) is 13.6. The number of fused-ring (bicyclic) bond motifs is 4. The lowest BCUT2D eigenvalue weighted by molar-refractivity contribution is -0.274. The highest BCUT2D eigenvalue weighted by Gasteiger charge is 2.31. The molecular weight excluding hydrogens is 1230 g/mol. The zero-order valence-corrected chi connectivity index (χ0v) is 54.1. The number of aryl methyl sites for hydroxylation is 1. The van der Waals surface area contributed by atoms with Gasteiger partial charge in [0.1, 0.15) is 5.75 Å². The molecule has 0 radical (unpaired) electrons. The zero-order valence-electron chi connectivity index (χ0n) is 54.1. The van der Waals surface area contributed by atoms with E-state index in [2.05, 4.69) is 112 Å². The molecule has 0 saturated carbocycles. The lowest BCUT2D eigenvalue weighted by Gasteiger charge is -2.14. The van der Waals surface area contributed by atoms with Crippen molar-refractivity contribution in [3.05, 3.63) is 256 Å². The molecule has 3 aliphatic rings. The Labute approximate surface area is 558 Å². The van der Waals surface area contributed by atoms with E-state index < -0.39 is 6.36 Å². The first kappa shape index (κ1) is 63.9. The third-order valence-corrected chi connectivity index (χ3v) is 18.9. The molecule has 3 fully saturated rings. The van der Waals surface area contributed by atoms with Gasteiger partial charge in [0.15, 0.2) is 0 Å². The van der Waals surface area contributed by atoms with Gasteiger partial charge in [0.25, 0.3) is 16.7 Å². The first-order valence-electron chi connectivity index (χ1n) is 33.4. The fourth-order valence-electron chi connectivity index (χ4n) is 13.6. The van der Waals surface area contributed by atoms with Gasteiger partial charge in [0.2, 0.25) is 0 Å². The molecule has 13 aromatic rings. The van der Waals surface area contributed by atoms with Crippen molar-refractivity contribution in [3.63, 3.8) is 0 Å². The molecule has 16 rings (SSSR count). The Bertz CT molecular complexity index is 5100. The minimum Gasteiger partial charge on any atom is -0.406 e. The molecule has 0 spiro atoms. The Balaban J connectivity index is 0.000000125. The number of benzene rings is 7. The molecule has 492 valence electrons. The van der Waals surface area contributed by atoms with Crippen molar-refractivity contribution < 1.29 is 17.9 Å². The van der Waals surface area contributed by atoms with Crippen LogP contribution in [-0.4, -0.2) is 123 Å². The fraction of sp³-hybridized carbons (Fsp3) is 0.256. The average molecular weight is 1300 g/mol. The Morgan fingerprint density at radius 1 is 0.381 bits per heavy atom. The summed E-state index contributed by atoms with van der Waals surface area (Å²) < 4.78 is 52.0. The number of rotatable bonds is 16. The summed E-state index contributed by atoms with van der Waals surface area (Å²) >= 11 is 0. The average Bonchev–Trinajstić information content (AvgIpc) is 1.21. The molecule has 16 nitrogen and oxygen atoms in total. The first-order valence-corrected chi connectivity index (χ1v) is 33.4. The number of hydrogen-bond donors (Lipinski definition) is 0. The number of likely N-dealkylation sites (tertiary alicyclic amines) is 3. The van der Waals surface area contributed by atoms with Gasteiger partial charge in [0, 0.05) is 89.6 Å². The van der Waals surface area contributed by atoms with E-state index in [1.165, 1.54) is 111 Å². The normalized spacial score (nSPS) is 14.6. The second kappa shape index (κ2) is 28.5. The summed E-state index contributed by atoms with van der Waals surface area (Å²) in [4.78, 5) is 46.1. The monoisotopic (exact) mass is 1300 g/mol. The van der Waals surface area contributed by atoms with Gasteiger partial charge in [-0.05, 0) is 214 Å². The number of aromatic nitrogens is 9. The molecule has 3 aliphatic heterocycles. The van der Waals surface area contributed by atoms with Crippen LogP contribution in [-0.2, 0) is 19.6 Å². The molecule has 0 bridgehead atoms. The van der Waals surface area contributed by atoms with Crippen LogP contribution < -0.4 is 21.4 Å². The molecule has 0 unspecified atom stereocenters. The maximum atomic E-state index is 13.1. The van der Waals surface area contributed by atoms with Crippen LogP contribution in [0.3, 0.4) is 0 Å². The van der Waals surface area contributed by atoms with Gasteiger partial charge in [-0.3, -0.25) is 42.1 Å². The topological polar surface area (TPSA) is 138 Å². The highest BCUT2D eigenvalue weighted by molar-refractivity contribution is 5.96. The number of alkyl halides is 3. The summed E-state index contributed by atoms with van der Waals surface area (Å²) in [6.07, 6.45) is 14.0. The Morgan fingerprint density at radius 3 is 1.18 bits per heavy atom. The Kier molecular flexibility index (Phi) is 18.8. The van der Waals surface area contributed by atoms with Gasteiger partial charge in [0.05, 0.1) is 54.8 Å². The van der Waals surface area contributed by atoms with Crippen molar-refractivity contribution in [2.45, 2.75) is 71.4 Å². The Hall–Kier alpha value is -10.5. The van der Waals surface area contributed by atoms with Gasteiger partial charge < -0.3 is 19.4 Å². The van der Waals surface area contributed by atoms with Crippen molar-refractivity contribution >= 4 is 43.5 Å². The first-order chi connectivity index (χ1) is 47.3. The molecule has 0 N–H and O–H groups in total. The highest BCUT2D eigenvalue weighted by Crippen LogP contribution is 2.31. The molecule has 7 aromatic carbocycles. The maximum Gasteiger partial charge on any atom is 0.573 e. The third-order valence-electron chi connectivity index (χ3n) is 18.9. The number of nitrogens with zero attached hydrogens (tertiary/aromatic N) is 12. The van der Waals surface area contributed by atoms with Crippen molar-refractivity contribution in [3.8, 4) is 56.2 Å². The van der Waals surface area contributed by atoms with E-state index in [9.17, 15) is 27.6 Å². The minimum atomic E-state index is -4.74. The Morgan fingerprint density at radius 2 is 0.763 bits per heavy atom. The molecule has 3 saturated heterocycles. The van der Waals surface area contributed by atoms with E-state index in [0.717, 1.165) is 130 Å². The van der Waals surface area contributed by atoms with Crippen LogP contribution in [0, 0.1) is 6.92 Å². The van der Waals surface area contributed by atoms with E-state index in [1.807, 2.05) is 108 Å².